The van der Waals surface area contributed by atoms with Gasteiger partial charge >= 0.3 is 7.12 Å². The zero-order chi connectivity index (χ0) is 22.5. The Morgan fingerprint density at radius 3 is 2.33 bits per heavy atom. The van der Waals surface area contributed by atoms with Crippen LogP contribution in [-0.2, 0) is 21.4 Å². The van der Waals surface area contributed by atoms with Crippen LogP contribution in [0.2, 0.25) is 0 Å². The molecule has 0 bridgehead atoms. The number of benzene rings is 1. The molecule has 30 heavy (non-hydrogen) atoms. The number of aromatic nitrogens is 3. The predicted molar refractivity (Wildman–Crippen MR) is 113 cm³/mol. The summed E-state index contributed by atoms with van der Waals surface area (Å²) in [4.78, 5) is 12.4. The zero-order valence-corrected chi connectivity index (χ0v) is 19.0. The minimum atomic E-state index is -0.773. The van der Waals surface area contributed by atoms with Crippen LogP contribution in [0.15, 0.2) is 18.3 Å². The third-order valence-corrected chi connectivity index (χ3v) is 5.89. The lowest BCUT2D eigenvalue weighted by molar-refractivity contribution is 0.00578. The van der Waals surface area contributed by atoms with Gasteiger partial charge in [0.15, 0.2) is 5.69 Å². The normalized spacial score (nSPS) is 18.0. The number of hydrogen-bond donors (Lipinski definition) is 1. The number of nitrogens with one attached hydrogen (secondary N) is 1. The summed E-state index contributed by atoms with van der Waals surface area (Å²) >= 11 is 0. The Bertz CT molecular complexity index is 950. The Kier molecular flexibility index (Phi) is 5.58. The van der Waals surface area contributed by atoms with E-state index in [1.165, 1.54) is 0 Å². The summed E-state index contributed by atoms with van der Waals surface area (Å²) in [5.41, 5.74) is 0.329. The van der Waals surface area contributed by atoms with Gasteiger partial charge in [-0.15, -0.1) is 5.10 Å². The predicted octanol–water partition coefficient (Wildman–Crippen LogP) is 2.71. The van der Waals surface area contributed by atoms with Gasteiger partial charge in [-0.2, -0.15) is 0 Å². The zero-order valence-electron chi connectivity index (χ0n) is 19.0. The van der Waals surface area contributed by atoms with E-state index in [4.69, 9.17) is 9.31 Å². The fraction of sp³-hybridized carbons (Fsp3) is 0.571. The van der Waals surface area contributed by atoms with Gasteiger partial charge in [-0.05, 0) is 66.5 Å². The molecule has 1 fully saturated rings. The maximum atomic E-state index is 15.1. The van der Waals surface area contributed by atoms with E-state index in [1.807, 2.05) is 48.5 Å². The van der Waals surface area contributed by atoms with Gasteiger partial charge in [0.25, 0.3) is 5.91 Å². The molecule has 2 heterocycles. The molecule has 1 aliphatic heterocycles. The average molecular weight is 416 g/mol. The summed E-state index contributed by atoms with van der Waals surface area (Å²) in [7, 11) is -0.773. The Balaban J connectivity index is 1.72. The van der Waals surface area contributed by atoms with Crippen LogP contribution in [-0.4, -0.2) is 39.2 Å². The first-order chi connectivity index (χ1) is 13.7. The van der Waals surface area contributed by atoms with E-state index in [9.17, 15) is 4.79 Å². The molecule has 0 spiro atoms. The largest absolute Gasteiger partial charge is 0.497 e. The number of carbonyl (C=O) groups is 1. The quantitative estimate of drug-likeness (QED) is 0.776. The number of nitrogens with zero attached hydrogens (tertiary/aromatic N) is 3. The summed E-state index contributed by atoms with van der Waals surface area (Å²) in [6.45, 7) is 15.5. The molecule has 7 nitrogen and oxygen atoms in total. The highest BCUT2D eigenvalue weighted by molar-refractivity contribution is 6.62. The number of hydrogen-bond acceptors (Lipinski definition) is 5. The lowest BCUT2D eigenvalue weighted by Crippen LogP contribution is -2.41. The molecule has 1 aromatic heterocycles. The first-order valence-electron chi connectivity index (χ1n) is 10.1. The van der Waals surface area contributed by atoms with Crippen molar-refractivity contribution in [2.45, 2.75) is 78.7 Å². The molecule has 1 saturated heterocycles. The highest BCUT2D eigenvalue weighted by Gasteiger charge is 2.52. The molecule has 1 N–H and O–H groups in total. The molecule has 1 aliphatic rings. The summed E-state index contributed by atoms with van der Waals surface area (Å²) in [5.74, 6) is -0.751. The van der Waals surface area contributed by atoms with Crippen molar-refractivity contribution >= 4 is 18.5 Å². The third kappa shape index (κ3) is 4.13. The van der Waals surface area contributed by atoms with Crippen LogP contribution in [0, 0.1) is 12.7 Å². The molecule has 0 aliphatic carbocycles. The van der Waals surface area contributed by atoms with Gasteiger partial charge in [-0.3, -0.25) is 4.79 Å². The average Bonchev–Trinajstić information content (AvgIpc) is 3.19. The van der Waals surface area contributed by atoms with Gasteiger partial charge in [0.1, 0.15) is 5.82 Å². The van der Waals surface area contributed by atoms with Crippen LogP contribution in [0.25, 0.3) is 0 Å². The van der Waals surface area contributed by atoms with Crippen LogP contribution in [0.1, 0.15) is 70.1 Å². The second kappa shape index (κ2) is 7.46. The van der Waals surface area contributed by atoms with E-state index in [2.05, 4.69) is 15.6 Å². The Hall–Kier alpha value is -2.26. The minimum Gasteiger partial charge on any atom is -0.399 e. The van der Waals surface area contributed by atoms with Crippen molar-refractivity contribution in [2.24, 2.45) is 0 Å². The van der Waals surface area contributed by atoms with Gasteiger partial charge in [0.2, 0.25) is 0 Å². The van der Waals surface area contributed by atoms with Gasteiger partial charge in [0.05, 0.1) is 22.9 Å². The first kappa shape index (κ1) is 22.4. The van der Waals surface area contributed by atoms with Gasteiger partial charge in [-0.25, -0.2) is 9.07 Å². The highest BCUT2D eigenvalue weighted by atomic mass is 19.1. The van der Waals surface area contributed by atoms with Crippen molar-refractivity contribution in [3.63, 3.8) is 0 Å². The van der Waals surface area contributed by atoms with Crippen molar-refractivity contribution in [3.05, 3.63) is 41.0 Å². The van der Waals surface area contributed by atoms with Crippen molar-refractivity contribution in [1.82, 2.24) is 20.3 Å². The molecule has 162 valence electrons. The topological polar surface area (TPSA) is 78.3 Å². The number of carbonyl (C=O) groups excluding carboxylic acids is 1. The Morgan fingerprint density at radius 2 is 1.80 bits per heavy atom. The maximum Gasteiger partial charge on any atom is 0.497 e. The lowest BCUT2D eigenvalue weighted by Gasteiger charge is -2.32. The van der Waals surface area contributed by atoms with Gasteiger partial charge in [-0.1, -0.05) is 17.3 Å². The molecule has 1 amide bonds. The molecule has 9 heteroatoms. The van der Waals surface area contributed by atoms with Gasteiger partial charge < -0.3 is 14.6 Å². The summed E-state index contributed by atoms with van der Waals surface area (Å²) in [6.07, 6.45) is 1.60. The molecule has 0 radical (unpaired) electrons. The molecule has 0 saturated carbocycles. The minimum absolute atomic E-state index is 0.174. The van der Waals surface area contributed by atoms with E-state index in [-0.39, 0.29) is 29.5 Å². The van der Waals surface area contributed by atoms with Crippen molar-refractivity contribution in [2.75, 3.05) is 0 Å². The molecule has 1 aromatic carbocycles. The van der Waals surface area contributed by atoms with Crippen LogP contribution in [0.3, 0.4) is 0 Å². The van der Waals surface area contributed by atoms with E-state index in [0.29, 0.717) is 16.6 Å². The SMILES string of the molecule is Cc1c(CNC(=O)c2cn(C(C)(C)C)nn2)ccc(B2OC(C)(C)C(C)(C)O2)c1F. The van der Waals surface area contributed by atoms with Crippen molar-refractivity contribution in [3.8, 4) is 0 Å². The van der Waals surface area contributed by atoms with E-state index >= 15 is 4.39 Å². The fourth-order valence-electron chi connectivity index (χ4n) is 3.05. The lowest BCUT2D eigenvalue weighted by atomic mass is 9.77. The fourth-order valence-corrected chi connectivity index (χ4v) is 3.05. The van der Waals surface area contributed by atoms with Crippen LogP contribution < -0.4 is 10.8 Å². The highest BCUT2D eigenvalue weighted by Crippen LogP contribution is 2.36. The number of halogens is 1. The second-order valence-electron chi connectivity index (χ2n) is 9.74. The molecule has 0 unspecified atom stereocenters. The summed E-state index contributed by atoms with van der Waals surface area (Å²) < 4.78 is 28.7. The van der Waals surface area contributed by atoms with Crippen LogP contribution in [0.5, 0.6) is 0 Å². The van der Waals surface area contributed by atoms with E-state index in [0.717, 1.165) is 0 Å². The summed E-state index contributed by atoms with van der Waals surface area (Å²) in [5, 5.41) is 10.7. The monoisotopic (exact) mass is 416 g/mol. The first-order valence-corrected chi connectivity index (χ1v) is 10.1. The molecule has 0 atom stereocenters. The maximum absolute atomic E-state index is 15.1. The number of rotatable bonds is 4. The van der Waals surface area contributed by atoms with Crippen molar-refractivity contribution < 1.29 is 18.5 Å². The van der Waals surface area contributed by atoms with Crippen LogP contribution >= 0.6 is 0 Å². The molecular weight excluding hydrogens is 386 g/mol. The van der Waals surface area contributed by atoms with Gasteiger partial charge in [0, 0.05) is 12.0 Å². The summed E-state index contributed by atoms with van der Waals surface area (Å²) in [6, 6.07) is 3.44. The van der Waals surface area contributed by atoms with E-state index in [1.54, 1.807) is 29.9 Å². The van der Waals surface area contributed by atoms with E-state index < -0.39 is 18.3 Å². The van der Waals surface area contributed by atoms with Crippen LogP contribution in [0.4, 0.5) is 4.39 Å². The Morgan fingerprint density at radius 1 is 1.20 bits per heavy atom. The third-order valence-electron chi connectivity index (χ3n) is 5.89. The number of amides is 1. The molecule has 2 aromatic rings. The molecule has 3 rings (SSSR count). The Labute approximate surface area is 177 Å². The smallest absolute Gasteiger partial charge is 0.399 e. The standard InChI is InChI=1S/C21H30BFN4O3/c1-13-14(11-24-18(28)16-12-27(26-25-16)19(2,3)4)9-10-15(17(13)23)22-29-20(5,6)21(7,8)30-22/h9-10,12H,11H2,1-8H3,(H,24,28). The van der Waals surface area contributed by atoms with Crippen molar-refractivity contribution in [1.29, 1.82) is 0 Å². The second-order valence-corrected chi connectivity index (χ2v) is 9.74. The molecular formula is C21H30BFN4O3.